The maximum absolute atomic E-state index is 13.1. The monoisotopic (exact) mass is 373 g/mol. The molecule has 5 heteroatoms. The van der Waals surface area contributed by atoms with Crippen molar-refractivity contribution in [2.75, 3.05) is 5.73 Å². The summed E-state index contributed by atoms with van der Waals surface area (Å²) in [5.41, 5.74) is 10.0. The van der Waals surface area contributed by atoms with Crippen LogP contribution < -0.4 is 5.73 Å². The van der Waals surface area contributed by atoms with Gasteiger partial charge in [-0.15, -0.1) is 0 Å². The first-order chi connectivity index (χ1) is 13.0. The smallest absolute Gasteiger partial charge is 0.208 e. The van der Waals surface area contributed by atoms with Gasteiger partial charge in [-0.3, -0.25) is 0 Å². The lowest BCUT2D eigenvalue weighted by Gasteiger charge is -2.10. The second-order valence-corrected chi connectivity index (χ2v) is 8.56. The fraction of sp³-hybridized carbons (Fsp3) is 0. The van der Waals surface area contributed by atoms with Crippen molar-refractivity contribution in [3.8, 4) is 28.0 Å². The number of sulfone groups is 1. The number of fused-ring (bicyclic) bond motifs is 3. The van der Waals surface area contributed by atoms with Gasteiger partial charge < -0.3 is 10.8 Å². The molecule has 5 rings (SSSR count). The maximum atomic E-state index is 13.1. The van der Waals surface area contributed by atoms with E-state index >= 15 is 0 Å². The SMILES string of the molecule is Nc1ccc(O)cc1S(=O)(=O)c1ccc2c(c1)-c1cccc3cccc-2c13. The third-order valence-electron chi connectivity index (χ3n) is 5.07. The number of nitrogens with two attached hydrogens (primary N) is 1. The highest BCUT2D eigenvalue weighted by molar-refractivity contribution is 7.91. The molecule has 0 heterocycles. The molecule has 0 saturated carbocycles. The Morgan fingerprint density at radius 3 is 2.19 bits per heavy atom. The minimum atomic E-state index is -3.86. The first-order valence-electron chi connectivity index (χ1n) is 8.47. The Kier molecular flexibility index (Phi) is 3.15. The van der Waals surface area contributed by atoms with E-state index < -0.39 is 9.84 Å². The van der Waals surface area contributed by atoms with Crippen LogP contribution >= 0.6 is 0 Å². The van der Waals surface area contributed by atoms with Crippen molar-refractivity contribution in [2.45, 2.75) is 9.79 Å². The number of anilines is 1. The number of hydrogen-bond donors (Lipinski definition) is 2. The summed E-state index contributed by atoms with van der Waals surface area (Å²) in [6.45, 7) is 0. The summed E-state index contributed by atoms with van der Waals surface area (Å²) >= 11 is 0. The van der Waals surface area contributed by atoms with Crippen molar-refractivity contribution < 1.29 is 13.5 Å². The van der Waals surface area contributed by atoms with Crippen molar-refractivity contribution in [1.29, 1.82) is 0 Å². The van der Waals surface area contributed by atoms with Crippen LogP contribution in [0.1, 0.15) is 0 Å². The average molecular weight is 373 g/mol. The second kappa shape index (κ2) is 5.34. The van der Waals surface area contributed by atoms with E-state index in [-0.39, 0.29) is 21.2 Å². The quantitative estimate of drug-likeness (QED) is 0.350. The molecular formula is C22H15NO3S. The molecule has 0 bridgehead atoms. The number of rotatable bonds is 2. The largest absolute Gasteiger partial charge is 0.508 e. The van der Waals surface area contributed by atoms with Crippen LogP contribution in [-0.2, 0) is 9.84 Å². The predicted octanol–water partition coefficient (Wildman–Crippen LogP) is 4.61. The molecule has 3 N–H and O–H groups in total. The van der Waals surface area contributed by atoms with Crippen molar-refractivity contribution >= 4 is 26.3 Å². The third kappa shape index (κ3) is 2.18. The van der Waals surface area contributed by atoms with Crippen molar-refractivity contribution in [3.63, 3.8) is 0 Å². The highest BCUT2D eigenvalue weighted by Gasteiger charge is 2.26. The van der Waals surface area contributed by atoms with Gasteiger partial charge in [0.25, 0.3) is 0 Å². The molecule has 0 fully saturated rings. The maximum Gasteiger partial charge on any atom is 0.208 e. The normalized spacial score (nSPS) is 12.3. The zero-order valence-electron chi connectivity index (χ0n) is 14.2. The fourth-order valence-corrected chi connectivity index (χ4v) is 5.25. The molecule has 132 valence electrons. The molecular weight excluding hydrogens is 358 g/mol. The molecule has 4 aromatic carbocycles. The van der Waals surface area contributed by atoms with E-state index in [0.717, 1.165) is 33.0 Å². The lowest BCUT2D eigenvalue weighted by molar-refractivity contribution is 0.473. The summed E-state index contributed by atoms with van der Waals surface area (Å²) in [4.78, 5) is 0.0690. The Hall–Kier alpha value is -3.31. The van der Waals surface area contributed by atoms with Crippen LogP contribution in [0.15, 0.2) is 82.6 Å². The van der Waals surface area contributed by atoms with E-state index in [9.17, 15) is 13.5 Å². The number of benzene rings is 4. The van der Waals surface area contributed by atoms with Crippen LogP contribution in [0.3, 0.4) is 0 Å². The van der Waals surface area contributed by atoms with E-state index in [4.69, 9.17) is 5.73 Å². The molecule has 4 nitrogen and oxygen atoms in total. The molecule has 0 spiro atoms. The van der Waals surface area contributed by atoms with Crippen LogP contribution in [0.25, 0.3) is 33.0 Å². The van der Waals surface area contributed by atoms with Gasteiger partial charge in [-0.25, -0.2) is 8.42 Å². The number of hydrogen-bond acceptors (Lipinski definition) is 4. The summed E-state index contributed by atoms with van der Waals surface area (Å²) < 4.78 is 26.3. The zero-order valence-corrected chi connectivity index (χ0v) is 15.0. The van der Waals surface area contributed by atoms with Crippen molar-refractivity contribution in [3.05, 3.63) is 72.8 Å². The highest BCUT2D eigenvalue weighted by Crippen LogP contribution is 2.48. The average Bonchev–Trinajstić information content (AvgIpc) is 2.99. The standard InChI is InChI=1S/C22H15NO3S/c23-20-10-7-14(24)11-21(20)27(25,26)15-8-9-16-17-5-1-3-13-4-2-6-18(22(13)17)19(16)12-15/h1-12,24H,23H2. The van der Waals surface area contributed by atoms with Crippen molar-refractivity contribution in [2.24, 2.45) is 0 Å². The van der Waals surface area contributed by atoms with Crippen LogP contribution in [0, 0.1) is 0 Å². The zero-order chi connectivity index (χ0) is 18.8. The Balaban J connectivity index is 1.75. The van der Waals surface area contributed by atoms with Crippen LogP contribution in [0.2, 0.25) is 0 Å². The molecule has 0 saturated heterocycles. The fourth-order valence-electron chi connectivity index (χ4n) is 3.82. The number of aromatic hydroxyl groups is 1. The Labute approximate surface area is 156 Å². The van der Waals surface area contributed by atoms with Crippen LogP contribution in [0.4, 0.5) is 5.69 Å². The molecule has 1 aliphatic carbocycles. The molecule has 0 atom stereocenters. The van der Waals surface area contributed by atoms with E-state index in [1.54, 1.807) is 12.1 Å². The molecule has 27 heavy (non-hydrogen) atoms. The molecule has 0 amide bonds. The molecule has 0 aromatic heterocycles. The van der Waals surface area contributed by atoms with E-state index in [2.05, 4.69) is 18.2 Å². The predicted molar refractivity (Wildman–Crippen MR) is 106 cm³/mol. The number of nitrogen functional groups attached to an aromatic ring is 1. The first-order valence-corrected chi connectivity index (χ1v) is 9.95. The van der Waals surface area contributed by atoms with Gasteiger partial charge in [0, 0.05) is 6.07 Å². The van der Waals surface area contributed by atoms with Gasteiger partial charge >= 0.3 is 0 Å². The van der Waals surface area contributed by atoms with Crippen molar-refractivity contribution in [1.82, 2.24) is 0 Å². The summed E-state index contributed by atoms with van der Waals surface area (Å²) in [5.74, 6) is -0.138. The highest BCUT2D eigenvalue weighted by atomic mass is 32.2. The Bertz CT molecular complexity index is 1350. The second-order valence-electron chi connectivity index (χ2n) is 6.64. The van der Waals surface area contributed by atoms with Gasteiger partial charge in [-0.05, 0) is 57.3 Å². The van der Waals surface area contributed by atoms with E-state index in [1.807, 2.05) is 24.3 Å². The van der Waals surface area contributed by atoms with Gasteiger partial charge in [-0.1, -0.05) is 42.5 Å². The van der Waals surface area contributed by atoms with Gasteiger partial charge in [-0.2, -0.15) is 0 Å². The minimum absolute atomic E-state index is 0.0869. The van der Waals surface area contributed by atoms with Crippen LogP contribution in [-0.4, -0.2) is 13.5 Å². The third-order valence-corrected chi connectivity index (χ3v) is 6.88. The lowest BCUT2D eigenvalue weighted by atomic mass is 10.0. The molecule has 4 aromatic rings. The Morgan fingerprint density at radius 2 is 1.44 bits per heavy atom. The molecule has 0 aliphatic heterocycles. The number of phenolic OH excluding ortho intramolecular Hbond substituents is 1. The molecule has 1 aliphatic rings. The summed E-state index contributed by atoms with van der Waals surface area (Å²) in [7, 11) is -3.86. The lowest BCUT2D eigenvalue weighted by Crippen LogP contribution is -2.05. The minimum Gasteiger partial charge on any atom is -0.508 e. The van der Waals surface area contributed by atoms with Gasteiger partial charge in [0.05, 0.1) is 15.5 Å². The molecule has 0 unspecified atom stereocenters. The summed E-state index contributed by atoms with van der Waals surface area (Å²) in [6, 6.07) is 21.3. The van der Waals surface area contributed by atoms with E-state index in [0.29, 0.717) is 0 Å². The first kappa shape index (κ1) is 15.9. The number of phenols is 1. The topological polar surface area (TPSA) is 80.4 Å². The van der Waals surface area contributed by atoms with Gasteiger partial charge in [0.1, 0.15) is 5.75 Å². The van der Waals surface area contributed by atoms with Gasteiger partial charge in [0.2, 0.25) is 9.84 Å². The van der Waals surface area contributed by atoms with Gasteiger partial charge in [0.15, 0.2) is 0 Å². The van der Waals surface area contributed by atoms with E-state index in [1.165, 1.54) is 18.2 Å². The Morgan fingerprint density at radius 1 is 0.741 bits per heavy atom. The van der Waals surface area contributed by atoms with Crippen LogP contribution in [0.5, 0.6) is 5.75 Å². The molecule has 0 radical (unpaired) electrons. The summed E-state index contributed by atoms with van der Waals surface area (Å²) in [5, 5.41) is 12.0. The summed E-state index contributed by atoms with van der Waals surface area (Å²) in [6.07, 6.45) is 0.